The number of nitrogens with zero attached hydrogens (tertiary/aromatic N) is 1. The highest BCUT2D eigenvalue weighted by atomic mass is 35.5. The second-order valence-electron chi connectivity index (χ2n) is 8.48. The van der Waals surface area contributed by atoms with Gasteiger partial charge in [0.25, 0.3) is 10.0 Å². The average molecular weight is 502 g/mol. The van der Waals surface area contributed by atoms with Gasteiger partial charge in [-0.2, -0.15) is 0 Å². The maximum atomic E-state index is 13.3. The van der Waals surface area contributed by atoms with Crippen LogP contribution in [0.5, 0.6) is 5.88 Å². The van der Waals surface area contributed by atoms with E-state index < -0.39 is 10.0 Å². The van der Waals surface area contributed by atoms with Crippen LogP contribution in [0.3, 0.4) is 0 Å². The molecule has 0 amide bonds. The van der Waals surface area contributed by atoms with Gasteiger partial charge < -0.3 is 10.1 Å². The highest BCUT2D eigenvalue weighted by molar-refractivity contribution is 7.93. The van der Waals surface area contributed by atoms with Crippen LogP contribution in [-0.4, -0.2) is 23.5 Å². The topological polar surface area (TPSA) is 95.1 Å². The van der Waals surface area contributed by atoms with Crippen molar-refractivity contribution in [1.29, 1.82) is 0 Å². The van der Waals surface area contributed by atoms with Gasteiger partial charge in [0.15, 0.2) is 5.88 Å². The minimum Gasteiger partial charge on any atom is -0.494 e. The van der Waals surface area contributed by atoms with E-state index in [9.17, 15) is 13.5 Å². The zero-order valence-corrected chi connectivity index (χ0v) is 20.0. The van der Waals surface area contributed by atoms with Gasteiger partial charge >= 0.3 is 0 Å². The Labute approximate surface area is 207 Å². The molecule has 0 unspecified atom stereocenters. The molecular formula is C27H20ClN3O3S. The Morgan fingerprint density at radius 3 is 2.71 bits per heavy atom. The fraction of sp³-hybridized carbons (Fsp3) is 0.0741. The Morgan fingerprint density at radius 1 is 1.00 bits per heavy atom. The number of H-pyrrole nitrogens is 1. The van der Waals surface area contributed by atoms with Crippen LogP contribution in [-0.2, 0) is 16.4 Å². The largest absolute Gasteiger partial charge is 0.494 e. The fourth-order valence-electron chi connectivity index (χ4n) is 4.63. The zero-order chi connectivity index (χ0) is 24.2. The number of nitrogens with one attached hydrogen (secondary N) is 2. The van der Waals surface area contributed by atoms with Crippen molar-refractivity contribution in [2.75, 3.05) is 4.72 Å². The van der Waals surface area contributed by atoms with Crippen LogP contribution >= 0.6 is 11.6 Å². The quantitative estimate of drug-likeness (QED) is 0.262. The number of halogens is 1. The summed E-state index contributed by atoms with van der Waals surface area (Å²) in [7, 11) is -3.87. The van der Waals surface area contributed by atoms with E-state index in [1.54, 1.807) is 42.5 Å². The Kier molecular flexibility index (Phi) is 5.05. The summed E-state index contributed by atoms with van der Waals surface area (Å²) >= 11 is 6.53. The van der Waals surface area contributed by atoms with Crippen LogP contribution in [0.25, 0.3) is 39.0 Å². The number of hydrogen-bond donors (Lipinski definition) is 3. The number of benzene rings is 3. The van der Waals surface area contributed by atoms with Crippen LogP contribution in [0.2, 0.25) is 5.02 Å². The third-order valence-corrected chi connectivity index (χ3v) is 8.00. The molecule has 6 nitrogen and oxygen atoms in total. The summed E-state index contributed by atoms with van der Waals surface area (Å²) in [5, 5.41) is 13.4. The summed E-state index contributed by atoms with van der Waals surface area (Å²) in [6.07, 6.45) is 5.67. The Morgan fingerprint density at radius 2 is 1.83 bits per heavy atom. The van der Waals surface area contributed by atoms with Crippen molar-refractivity contribution >= 4 is 55.1 Å². The number of hydrogen-bond acceptors (Lipinski definition) is 4. The number of allylic oxidation sites excluding steroid dienone is 1. The molecule has 5 aromatic rings. The first-order valence-electron chi connectivity index (χ1n) is 11.1. The minimum atomic E-state index is -3.87. The Balaban J connectivity index is 1.44. The number of aromatic hydroxyl groups is 1. The molecule has 0 fully saturated rings. The van der Waals surface area contributed by atoms with Crippen molar-refractivity contribution in [3.05, 3.63) is 89.1 Å². The molecule has 174 valence electrons. The molecule has 2 aromatic heterocycles. The van der Waals surface area contributed by atoms with E-state index in [4.69, 9.17) is 16.6 Å². The third kappa shape index (κ3) is 3.73. The molecule has 3 aromatic carbocycles. The molecule has 2 heterocycles. The van der Waals surface area contributed by atoms with Crippen molar-refractivity contribution in [3.8, 4) is 17.1 Å². The molecule has 0 saturated heterocycles. The van der Waals surface area contributed by atoms with Gasteiger partial charge in [-0.25, -0.2) is 8.42 Å². The lowest BCUT2D eigenvalue weighted by Crippen LogP contribution is -2.13. The third-order valence-electron chi connectivity index (χ3n) is 6.25. The summed E-state index contributed by atoms with van der Waals surface area (Å²) in [4.78, 5) is 7.91. The number of anilines is 1. The van der Waals surface area contributed by atoms with Crippen molar-refractivity contribution < 1.29 is 13.5 Å². The lowest BCUT2D eigenvalue weighted by molar-refractivity contribution is 0.460. The van der Waals surface area contributed by atoms with Crippen molar-refractivity contribution in [3.63, 3.8) is 0 Å². The van der Waals surface area contributed by atoms with Gasteiger partial charge in [-0.05, 0) is 48.6 Å². The summed E-state index contributed by atoms with van der Waals surface area (Å²) in [6.45, 7) is 0. The van der Waals surface area contributed by atoms with E-state index in [0.717, 1.165) is 29.5 Å². The minimum absolute atomic E-state index is 0.0519. The number of rotatable bonds is 4. The highest BCUT2D eigenvalue weighted by Gasteiger charge is 2.21. The summed E-state index contributed by atoms with van der Waals surface area (Å²) in [6, 6.07) is 19.3. The molecule has 0 saturated carbocycles. The number of sulfonamides is 1. The summed E-state index contributed by atoms with van der Waals surface area (Å²) < 4.78 is 29.3. The SMILES string of the molecule is O=S(=O)(Nc1ccc2[nH]c(O)c(-c3cc(Cl)c4c(n3)CCC=C4)c2c1)c1cccc2ccccc12. The van der Waals surface area contributed by atoms with Gasteiger partial charge in [-0.15, -0.1) is 0 Å². The molecule has 6 rings (SSSR count). The van der Waals surface area contributed by atoms with Crippen LogP contribution in [0.1, 0.15) is 17.7 Å². The molecule has 8 heteroatoms. The fourth-order valence-corrected chi connectivity index (χ4v) is 6.19. The molecule has 35 heavy (non-hydrogen) atoms. The van der Waals surface area contributed by atoms with Crippen LogP contribution < -0.4 is 4.72 Å². The Bertz CT molecular complexity index is 1770. The van der Waals surface area contributed by atoms with Gasteiger partial charge in [0.2, 0.25) is 0 Å². The summed E-state index contributed by atoms with van der Waals surface area (Å²) in [5.41, 5.74) is 3.80. The standard InChI is InChI=1S/C27H20ClN3O3S/c28-21-15-24(29-22-10-4-3-9-19(21)22)26-20-14-17(12-13-23(20)30-27(26)32)31-35(33,34)25-11-5-7-16-6-1-2-8-18(16)25/h1-3,5-9,11-15,30-32H,4,10H2. The molecule has 1 aliphatic rings. The zero-order valence-electron chi connectivity index (χ0n) is 18.4. The van der Waals surface area contributed by atoms with Gasteiger partial charge in [-0.3, -0.25) is 9.71 Å². The molecule has 0 atom stereocenters. The highest BCUT2D eigenvalue weighted by Crippen LogP contribution is 2.40. The average Bonchev–Trinajstić information content (AvgIpc) is 3.18. The molecule has 0 radical (unpaired) electrons. The first kappa shape index (κ1) is 21.7. The normalized spacial score (nSPS) is 13.3. The van der Waals surface area contributed by atoms with Crippen LogP contribution in [0, 0.1) is 0 Å². The molecule has 1 aliphatic carbocycles. The first-order valence-corrected chi connectivity index (χ1v) is 13.0. The van der Waals surface area contributed by atoms with Crippen molar-refractivity contribution in [2.45, 2.75) is 17.7 Å². The number of aryl methyl sites for hydroxylation is 1. The van der Waals surface area contributed by atoms with Gasteiger partial charge in [0.1, 0.15) is 0 Å². The van der Waals surface area contributed by atoms with Crippen molar-refractivity contribution in [2.24, 2.45) is 0 Å². The van der Waals surface area contributed by atoms with Gasteiger partial charge in [0, 0.05) is 27.5 Å². The second kappa shape index (κ2) is 8.15. The van der Waals surface area contributed by atoms with Crippen LogP contribution in [0.15, 0.2) is 77.7 Å². The summed E-state index contributed by atoms with van der Waals surface area (Å²) in [5.74, 6) is -0.0519. The molecule has 0 aliphatic heterocycles. The van der Waals surface area contributed by atoms with E-state index in [1.165, 1.54) is 0 Å². The van der Waals surface area contributed by atoms with E-state index in [-0.39, 0.29) is 10.8 Å². The van der Waals surface area contributed by atoms with Crippen LogP contribution in [0.4, 0.5) is 5.69 Å². The molecule has 0 bridgehead atoms. The Hall–Kier alpha value is -3.81. The van der Waals surface area contributed by atoms with Gasteiger partial charge in [-0.1, -0.05) is 60.2 Å². The first-order chi connectivity index (χ1) is 16.9. The van der Waals surface area contributed by atoms with E-state index in [1.807, 2.05) is 30.3 Å². The van der Waals surface area contributed by atoms with E-state index in [2.05, 4.69) is 15.8 Å². The lowest BCUT2D eigenvalue weighted by atomic mass is 10.0. The molecule has 0 spiro atoms. The van der Waals surface area contributed by atoms with Gasteiger partial charge in [0.05, 0.1) is 26.9 Å². The molecular weight excluding hydrogens is 482 g/mol. The second-order valence-corrected chi connectivity index (χ2v) is 10.5. The number of aromatic nitrogens is 2. The predicted molar refractivity (Wildman–Crippen MR) is 140 cm³/mol. The molecule has 3 N–H and O–H groups in total. The predicted octanol–water partition coefficient (Wildman–Crippen LogP) is 6.50. The monoisotopic (exact) mass is 501 g/mol. The van der Waals surface area contributed by atoms with E-state index in [0.29, 0.717) is 38.3 Å². The number of pyridine rings is 1. The number of fused-ring (bicyclic) bond motifs is 3. The smallest absolute Gasteiger partial charge is 0.262 e. The van der Waals surface area contributed by atoms with Crippen molar-refractivity contribution in [1.82, 2.24) is 9.97 Å². The number of aromatic amines is 1. The lowest BCUT2D eigenvalue weighted by Gasteiger charge is -2.13. The maximum Gasteiger partial charge on any atom is 0.262 e. The maximum absolute atomic E-state index is 13.3. The van der Waals surface area contributed by atoms with E-state index >= 15 is 0 Å².